The molecule has 1 aliphatic rings. The van der Waals surface area contributed by atoms with E-state index in [1.54, 1.807) is 0 Å². The van der Waals surface area contributed by atoms with Gasteiger partial charge in [0.15, 0.2) is 0 Å². The summed E-state index contributed by atoms with van der Waals surface area (Å²) in [5.74, 6) is -1.18. The first-order valence-corrected chi connectivity index (χ1v) is 6.25. The molecule has 2 unspecified atom stereocenters. The molecule has 0 radical (unpaired) electrons. The van der Waals surface area contributed by atoms with Crippen LogP contribution < -0.4 is 5.32 Å². The molecule has 0 aromatic carbocycles. The van der Waals surface area contributed by atoms with Gasteiger partial charge in [-0.05, 0) is 26.7 Å². The van der Waals surface area contributed by atoms with Gasteiger partial charge in [-0.25, -0.2) is 0 Å². The van der Waals surface area contributed by atoms with E-state index in [0.29, 0.717) is 25.0 Å². The molecule has 1 fully saturated rings. The molecule has 1 aliphatic heterocycles. The van der Waals surface area contributed by atoms with Crippen LogP contribution in [0.4, 0.5) is 0 Å². The molecule has 2 atom stereocenters. The molecule has 98 valence electrons. The number of nitrogens with one attached hydrogen (secondary N) is 1. The van der Waals surface area contributed by atoms with Crippen molar-refractivity contribution in [2.24, 2.45) is 0 Å². The van der Waals surface area contributed by atoms with Gasteiger partial charge in [0.05, 0.1) is 0 Å². The van der Waals surface area contributed by atoms with E-state index in [1.807, 2.05) is 0 Å². The molecular formula is C12H22N2O3. The number of nitrogens with zero attached hydrogens (tertiary/aromatic N) is 1. The van der Waals surface area contributed by atoms with Crippen molar-refractivity contribution >= 4 is 11.9 Å². The Morgan fingerprint density at radius 3 is 2.41 bits per heavy atom. The Morgan fingerprint density at radius 2 is 1.88 bits per heavy atom. The van der Waals surface area contributed by atoms with Crippen LogP contribution in [0.5, 0.6) is 0 Å². The molecule has 0 spiro atoms. The van der Waals surface area contributed by atoms with E-state index >= 15 is 0 Å². The maximum absolute atomic E-state index is 11.4. The highest BCUT2D eigenvalue weighted by Crippen LogP contribution is 2.22. The summed E-state index contributed by atoms with van der Waals surface area (Å²) in [6, 6.07) is 1.04. The number of aliphatic carboxylic acids is 1. The van der Waals surface area contributed by atoms with Crippen LogP contribution in [0.15, 0.2) is 0 Å². The van der Waals surface area contributed by atoms with Crippen LogP contribution >= 0.6 is 0 Å². The number of carbonyl (C=O) groups is 2. The van der Waals surface area contributed by atoms with E-state index in [2.05, 4.69) is 24.1 Å². The van der Waals surface area contributed by atoms with Gasteiger partial charge in [0, 0.05) is 25.0 Å². The Labute approximate surface area is 102 Å². The number of hydrogen-bond donors (Lipinski definition) is 2. The van der Waals surface area contributed by atoms with Crippen LogP contribution in [0.3, 0.4) is 0 Å². The standard InChI is InChI=1S/C12H22N2O3/c1-9-4-3-5-10(2)14(9)7-6-11(15)13-8-12(16)17/h9-10H,3-8H2,1-2H3,(H,13,15)(H,16,17). The highest BCUT2D eigenvalue weighted by atomic mass is 16.4. The molecule has 2 N–H and O–H groups in total. The normalized spacial score (nSPS) is 25.5. The molecule has 0 aromatic rings. The molecule has 0 aromatic heterocycles. The molecule has 5 nitrogen and oxygen atoms in total. The Balaban J connectivity index is 2.28. The third-order valence-corrected chi connectivity index (χ3v) is 3.41. The molecule has 1 amide bonds. The zero-order chi connectivity index (χ0) is 12.8. The Bertz CT molecular complexity index is 271. The quantitative estimate of drug-likeness (QED) is 0.749. The second kappa shape index (κ2) is 6.59. The number of carboxylic acids is 1. The van der Waals surface area contributed by atoms with Crippen molar-refractivity contribution in [1.29, 1.82) is 0 Å². The Hall–Kier alpha value is -1.10. The summed E-state index contributed by atoms with van der Waals surface area (Å²) >= 11 is 0. The lowest BCUT2D eigenvalue weighted by Crippen LogP contribution is -2.45. The number of carboxylic acid groups (broad SMARTS) is 1. The lowest BCUT2D eigenvalue weighted by molar-refractivity contribution is -0.138. The first-order chi connectivity index (χ1) is 8.00. The van der Waals surface area contributed by atoms with Crippen molar-refractivity contribution in [3.63, 3.8) is 0 Å². The van der Waals surface area contributed by atoms with E-state index in [4.69, 9.17) is 5.11 Å². The molecule has 17 heavy (non-hydrogen) atoms. The second-order valence-electron chi connectivity index (χ2n) is 4.79. The number of rotatable bonds is 5. The van der Waals surface area contributed by atoms with Crippen LogP contribution in [-0.2, 0) is 9.59 Å². The zero-order valence-corrected chi connectivity index (χ0v) is 10.6. The van der Waals surface area contributed by atoms with E-state index in [1.165, 1.54) is 19.3 Å². The summed E-state index contributed by atoms with van der Waals surface area (Å²) in [5.41, 5.74) is 0. The summed E-state index contributed by atoms with van der Waals surface area (Å²) in [6.07, 6.45) is 3.99. The van der Waals surface area contributed by atoms with Gasteiger partial charge < -0.3 is 10.4 Å². The third kappa shape index (κ3) is 4.73. The SMILES string of the molecule is CC1CCCC(C)N1CCC(=O)NCC(=O)O. The van der Waals surface area contributed by atoms with Gasteiger partial charge in [0.2, 0.25) is 5.91 Å². The monoisotopic (exact) mass is 242 g/mol. The van der Waals surface area contributed by atoms with Crippen LogP contribution in [0.25, 0.3) is 0 Å². The van der Waals surface area contributed by atoms with Crippen molar-refractivity contribution in [2.45, 2.75) is 51.6 Å². The fourth-order valence-corrected chi connectivity index (χ4v) is 2.41. The van der Waals surface area contributed by atoms with Gasteiger partial charge in [0.1, 0.15) is 6.54 Å². The van der Waals surface area contributed by atoms with Crippen molar-refractivity contribution in [1.82, 2.24) is 10.2 Å². The average molecular weight is 242 g/mol. The minimum Gasteiger partial charge on any atom is -0.480 e. The number of carbonyl (C=O) groups excluding carboxylic acids is 1. The summed E-state index contributed by atoms with van der Waals surface area (Å²) in [5, 5.41) is 10.8. The van der Waals surface area contributed by atoms with Crippen molar-refractivity contribution in [3.8, 4) is 0 Å². The van der Waals surface area contributed by atoms with Gasteiger partial charge in [0.25, 0.3) is 0 Å². The highest BCUT2D eigenvalue weighted by Gasteiger charge is 2.24. The van der Waals surface area contributed by atoms with Crippen LogP contribution in [0.1, 0.15) is 39.5 Å². The fourth-order valence-electron chi connectivity index (χ4n) is 2.41. The van der Waals surface area contributed by atoms with Crippen LogP contribution in [-0.4, -0.2) is 47.1 Å². The third-order valence-electron chi connectivity index (χ3n) is 3.41. The van der Waals surface area contributed by atoms with Crippen LogP contribution in [0.2, 0.25) is 0 Å². The molecule has 1 rings (SSSR count). The van der Waals surface area contributed by atoms with Gasteiger partial charge in [-0.2, -0.15) is 0 Å². The number of amides is 1. The lowest BCUT2D eigenvalue weighted by Gasteiger charge is -2.38. The summed E-state index contributed by atoms with van der Waals surface area (Å²) in [6.45, 7) is 4.80. The van der Waals surface area contributed by atoms with E-state index in [0.717, 1.165) is 0 Å². The van der Waals surface area contributed by atoms with E-state index in [-0.39, 0.29) is 12.5 Å². The topological polar surface area (TPSA) is 69.6 Å². The summed E-state index contributed by atoms with van der Waals surface area (Å²) < 4.78 is 0. The van der Waals surface area contributed by atoms with E-state index in [9.17, 15) is 9.59 Å². The minimum absolute atomic E-state index is 0.183. The predicted molar refractivity (Wildman–Crippen MR) is 64.7 cm³/mol. The summed E-state index contributed by atoms with van der Waals surface area (Å²) in [7, 11) is 0. The lowest BCUT2D eigenvalue weighted by atomic mass is 9.97. The smallest absolute Gasteiger partial charge is 0.322 e. The maximum atomic E-state index is 11.4. The number of likely N-dealkylation sites (tertiary alicyclic amines) is 1. The molecule has 5 heteroatoms. The predicted octanol–water partition coefficient (Wildman–Crippen LogP) is 0.840. The van der Waals surface area contributed by atoms with Gasteiger partial charge in [-0.3, -0.25) is 14.5 Å². The molecule has 0 saturated carbocycles. The second-order valence-corrected chi connectivity index (χ2v) is 4.79. The molecule has 1 heterocycles. The first kappa shape index (κ1) is 14.0. The summed E-state index contributed by atoms with van der Waals surface area (Å²) in [4.78, 5) is 24.0. The van der Waals surface area contributed by atoms with Gasteiger partial charge in [-0.1, -0.05) is 6.42 Å². The zero-order valence-electron chi connectivity index (χ0n) is 10.6. The van der Waals surface area contributed by atoms with Gasteiger partial charge in [-0.15, -0.1) is 0 Å². The van der Waals surface area contributed by atoms with Crippen molar-refractivity contribution in [2.75, 3.05) is 13.1 Å². The molecule has 1 saturated heterocycles. The first-order valence-electron chi connectivity index (χ1n) is 6.25. The number of piperidine rings is 1. The van der Waals surface area contributed by atoms with Crippen LogP contribution in [0, 0.1) is 0 Å². The molecule has 0 aliphatic carbocycles. The largest absolute Gasteiger partial charge is 0.480 e. The van der Waals surface area contributed by atoms with Gasteiger partial charge >= 0.3 is 5.97 Å². The Morgan fingerprint density at radius 1 is 1.29 bits per heavy atom. The molecule has 0 bridgehead atoms. The maximum Gasteiger partial charge on any atom is 0.322 e. The molecular weight excluding hydrogens is 220 g/mol. The van der Waals surface area contributed by atoms with E-state index < -0.39 is 5.97 Å². The van der Waals surface area contributed by atoms with Crippen molar-refractivity contribution in [3.05, 3.63) is 0 Å². The fraction of sp³-hybridized carbons (Fsp3) is 0.833. The Kier molecular flexibility index (Phi) is 5.41. The van der Waals surface area contributed by atoms with Crippen molar-refractivity contribution < 1.29 is 14.7 Å². The highest BCUT2D eigenvalue weighted by molar-refractivity contribution is 5.81. The average Bonchev–Trinajstić information content (AvgIpc) is 2.25. The minimum atomic E-state index is -1.00. The number of hydrogen-bond acceptors (Lipinski definition) is 3.